The minimum absolute atomic E-state index is 0.382. The lowest BCUT2D eigenvalue weighted by molar-refractivity contribution is 0.00578. The monoisotopic (exact) mass is 329 g/mol. The van der Waals surface area contributed by atoms with Crippen LogP contribution in [-0.2, 0) is 9.31 Å². The Morgan fingerprint density at radius 1 is 1.29 bits per heavy atom. The van der Waals surface area contributed by atoms with Gasteiger partial charge in [0.1, 0.15) is 17.8 Å². The lowest BCUT2D eigenvalue weighted by Gasteiger charge is -2.32. The number of hydrogen-bond acceptors (Lipinski definition) is 6. The van der Waals surface area contributed by atoms with Crippen LogP contribution in [0.1, 0.15) is 33.3 Å². The lowest BCUT2D eigenvalue weighted by Crippen LogP contribution is -2.41. The average molecular weight is 329 g/mol. The predicted octanol–water partition coefficient (Wildman–Crippen LogP) is 1.77. The van der Waals surface area contributed by atoms with Crippen LogP contribution in [0, 0.1) is 0 Å². The second-order valence-corrected chi connectivity index (χ2v) is 7.06. The third kappa shape index (κ3) is 2.81. The van der Waals surface area contributed by atoms with Gasteiger partial charge in [-0.15, -0.1) is 0 Å². The summed E-state index contributed by atoms with van der Waals surface area (Å²) in [5, 5.41) is 3.98. The summed E-state index contributed by atoms with van der Waals surface area (Å²) in [6.45, 7) is 8.81. The maximum Gasteiger partial charge on any atom is 0.491 e. The van der Waals surface area contributed by atoms with Crippen molar-refractivity contribution in [2.75, 3.05) is 19.3 Å². The molecule has 0 aromatic carbocycles. The van der Waals surface area contributed by atoms with Crippen molar-refractivity contribution in [2.45, 2.75) is 38.9 Å². The van der Waals surface area contributed by atoms with Crippen molar-refractivity contribution in [3.05, 3.63) is 23.6 Å². The number of rotatable bonds is 4. The zero-order valence-electron chi connectivity index (χ0n) is 14.8. The van der Waals surface area contributed by atoms with E-state index in [9.17, 15) is 0 Å². The average Bonchev–Trinajstić information content (AvgIpc) is 2.98. The van der Waals surface area contributed by atoms with E-state index in [4.69, 9.17) is 15.0 Å². The van der Waals surface area contributed by atoms with Crippen LogP contribution in [0.25, 0.3) is 17.1 Å². The molecule has 128 valence electrons. The molecule has 0 atom stereocenters. The number of nitrogens with two attached hydrogens (primary N) is 1. The second kappa shape index (κ2) is 5.88. The number of nitrogens with zero attached hydrogens (tertiary/aromatic N) is 2. The number of hydrogen-bond donors (Lipinski definition) is 3. The van der Waals surface area contributed by atoms with Crippen molar-refractivity contribution in [3.8, 4) is 0 Å². The van der Waals surface area contributed by atoms with E-state index in [1.165, 1.54) is 6.33 Å². The Morgan fingerprint density at radius 3 is 2.58 bits per heavy atom. The number of anilines is 1. The quantitative estimate of drug-likeness (QED) is 0.740. The molecule has 0 aliphatic carbocycles. The highest BCUT2D eigenvalue weighted by Crippen LogP contribution is 2.39. The molecule has 3 rings (SSSR count). The van der Waals surface area contributed by atoms with Crippen molar-refractivity contribution in [1.29, 1.82) is 0 Å². The van der Waals surface area contributed by atoms with Gasteiger partial charge >= 0.3 is 7.12 Å². The standard InChI is InChI=1S/C16H24BN5O2/c1-15(2)16(3,4)24-17(23-15)11(8-19-5)6-10-7-20-14-12(10)13(18)21-9-22-14/h6-7,9,19H,8H2,1-5H3,(H3,18,20,21,22). The highest BCUT2D eigenvalue weighted by Gasteiger charge is 2.52. The molecule has 0 unspecified atom stereocenters. The maximum absolute atomic E-state index is 6.17. The van der Waals surface area contributed by atoms with E-state index in [1.807, 2.05) is 47.0 Å². The molecule has 0 amide bonds. The van der Waals surface area contributed by atoms with Crippen LogP contribution in [0.2, 0.25) is 0 Å². The van der Waals surface area contributed by atoms with Gasteiger partial charge in [0.15, 0.2) is 0 Å². The number of nitrogen functional groups attached to an aromatic ring is 1. The number of aromatic nitrogens is 3. The van der Waals surface area contributed by atoms with Crippen LogP contribution < -0.4 is 11.1 Å². The van der Waals surface area contributed by atoms with Gasteiger partial charge in [-0.05, 0) is 40.2 Å². The predicted molar refractivity (Wildman–Crippen MR) is 96.3 cm³/mol. The molecule has 0 spiro atoms. The van der Waals surface area contributed by atoms with E-state index in [0.29, 0.717) is 18.0 Å². The van der Waals surface area contributed by atoms with Crippen molar-refractivity contribution in [3.63, 3.8) is 0 Å². The molecule has 3 heterocycles. The van der Waals surface area contributed by atoms with E-state index < -0.39 is 7.12 Å². The van der Waals surface area contributed by atoms with Crippen LogP contribution in [-0.4, -0.2) is 46.9 Å². The van der Waals surface area contributed by atoms with Gasteiger partial charge in [-0.25, -0.2) is 9.97 Å². The molecule has 1 saturated heterocycles. The molecule has 2 aromatic heterocycles. The molecule has 2 aromatic rings. The Morgan fingerprint density at radius 2 is 1.96 bits per heavy atom. The van der Waals surface area contributed by atoms with Crippen molar-refractivity contribution in [2.24, 2.45) is 0 Å². The molecule has 0 bridgehead atoms. The molecule has 1 aliphatic rings. The van der Waals surface area contributed by atoms with Gasteiger partial charge < -0.3 is 25.3 Å². The Bertz CT molecular complexity index is 768. The first-order valence-electron chi connectivity index (χ1n) is 8.03. The van der Waals surface area contributed by atoms with Gasteiger partial charge in [0, 0.05) is 18.3 Å². The molecular weight excluding hydrogens is 305 g/mol. The first kappa shape index (κ1) is 16.9. The number of H-pyrrole nitrogens is 1. The summed E-state index contributed by atoms with van der Waals surface area (Å²) in [5.41, 5.74) is 7.87. The Balaban J connectivity index is 2.01. The summed E-state index contributed by atoms with van der Waals surface area (Å²) in [5.74, 6) is 0.449. The first-order valence-corrected chi connectivity index (χ1v) is 8.03. The fraction of sp³-hybridized carbons (Fsp3) is 0.500. The zero-order chi connectivity index (χ0) is 17.5. The molecule has 0 radical (unpaired) electrons. The molecular formula is C16H24BN5O2. The number of nitrogens with one attached hydrogen (secondary N) is 2. The lowest BCUT2D eigenvalue weighted by atomic mass is 9.77. The molecule has 7 nitrogen and oxygen atoms in total. The largest absolute Gasteiger partial charge is 0.491 e. The van der Waals surface area contributed by atoms with Crippen molar-refractivity contribution < 1.29 is 9.31 Å². The molecule has 24 heavy (non-hydrogen) atoms. The molecule has 0 saturated carbocycles. The molecule has 1 fully saturated rings. The maximum atomic E-state index is 6.17. The minimum atomic E-state index is -0.418. The Labute approximate surface area is 142 Å². The second-order valence-electron chi connectivity index (χ2n) is 7.06. The van der Waals surface area contributed by atoms with E-state index in [0.717, 1.165) is 16.4 Å². The topological polar surface area (TPSA) is 98.1 Å². The smallest absolute Gasteiger partial charge is 0.400 e. The summed E-state index contributed by atoms with van der Waals surface area (Å²) >= 11 is 0. The third-order valence-electron chi connectivity index (χ3n) is 4.81. The Kier molecular flexibility index (Phi) is 4.15. The highest BCUT2D eigenvalue weighted by atomic mass is 16.7. The van der Waals surface area contributed by atoms with Crippen molar-refractivity contribution in [1.82, 2.24) is 20.3 Å². The number of aromatic amines is 1. The fourth-order valence-electron chi connectivity index (χ4n) is 2.73. The van der Waals surface area contributed by atoms with Crippen LogP contribution in [0.3, 0.4) is 0 Å². The van der Waals surface area contributed by atoms with Gasteiger partial charge in [0.2, 0.25) is 0 Å². The summed E-state index contributed by atoms with van der Waals surface area (Å²) in [6.07, 6.45) is 5.35. The number of fused-ring (bicyclic) bond motifs is 1. The van der Waals surface area contributed by atoms with Gasteiger partial charge in [0.05, 0.1) is 16.6 Å². The summed E-state index contributed by atoms with van der Waals surface area (Å²) in [6, 6.07) is 0. The number of likely N-dealkylation sites (N-methyl/N-ethyl adjacent to an activating group) is 1. The van der Waals surface area contributed by atoms with E-state index in [1.54, 1.807) is 0 Å². The molecule has 8 heteroatoms. The summed E-state index contributed by atoms with van der Waals surface area (Å²) in [4.78, 5) is 11.4. The van der Waals surface area contributed by atoms with Crippen molar-refractivity contribution >= 4 is 30.0 Å². The minimum Gasteiger partial charge on any atom is -0.400 e. The van der Waals surface area contributed by atoms with Gasteiger partial charge in [-0.1, -0.05) is 6.08 Å². The highest BCUT2D eigenvalue weighted by molar-refractivity contribution is 6.56. The van der Waals surface area contributed by atoms with Gasteiger partial charge in [-0.2, -0.15) is 0 Å². The molecule has 1 aliphatic heterocycles. The fourth-order valence-corrected chi connectivity index (χ4v) is 2.73. The summed E-state index contributed by atoms with van der Waals surface area (Å²) in [7, 11) is 1.48. The van der Waals surface area contributed by atoms with Gasteiger partial charge in [-0.3, -0.25) is 0 Å². The van der Waals surface area contributed by atoms with Crippen LogP contribution in [0.4, 0.5) is 5.82 Å². The van der Waals surface area contributed by atoms with Crippen LogP contribution in [0.5, 0.6) is 0 Å². The zero-order valence-corrected chi connectivity index (χ0v) is 14.8. The molecule has 4 N–H and O–H groups in total. The van der Waals surface area contributed by atoms with Crippen LogP contribution in [0.15, 0.2) is 18.0 Å². The van der Waals surface area contributed by atoms with E-state index >= 15 is 0 Å². The normalized spacial score (nSPS) is 20.0. The first-order chi connectivity index (χ1) is 11.2. The van der Waals surface area contributed by atoms with E-state index in [-0.39, 0.29) is 11.2 Å². The van der Waals surface area contributed by atoms with Gasteiger partial charge in [0.25, 0.3) is 0 Å². The van der Waals surface area contributed by atoms with E-state index in [2.05, 4.69) is 20.3 Å². The third-order valence-corrected chi connectivity index (χ3v) is 4.81. The van der Waals surface area contributed by atoms with Crippen LogP contribution >= 0.6 is 0 Å². The summed E-state index contributed by atoms with van der Waals surface area (Å²) < 4.78 is 12.3. The SMILES string of the molecule is CNCC(=Cc1c[nH]c2ncnc(N)c12)B1OC(C)(C)C(C)(C)O1. The Hall–Kier alpha value is -1.90.